The van der Waals surface area contributed by atoms with Crippen molar-refractivity contribution in [2.45, 2.75) is 79.2 Å². The molecule has 0 saturated heterocycles. The number of rotatable bonds is 14. The number of alkyl halides is 18. The molecule has 0 aromatic heterocycles. The largest absolute Gasteiger partial charge is 0.462 e. The molecule has 1 unspecified atom stereocenters. The van der Waals surface area contributed by atoms with Gasteiger partial charge in [0.1, 0.15) is 0 Å². The molecule has 0 bridgehead atoms. The maximum Gasteiger partial charge on any atom is 0.460 e. The van der Waals surface area contributed by atoms with E-state index >= 15 is 0 Å². The number of halogens is 18. The van der Waals surface area contributed by atoms with E-state index in [9.17, 15) is 84.2 Å². The molecule has 1 atom stereocenters. The Labute approximate surface area is 260 Å². The first kappa shape index (κ1) is 40.4. The van der Waals surface area contributed by atoms with Crippen LogP contribution in [0.4, 0.5) is 74.6 Å². The summed E-state index contributed by atoms with van der Waals surface area (Å²) in [5.41, 5.74) is 0.294. The summed E-state index contributed by atoms with van der Waals surface area (Å²) in [6.45, 7) is -0.960. The molecule has 0 spiro atoms. The van der Waals surface area contributed by atoms with Gasteiger partial charge in [0.25, 0.3) is 0 Å². The van der Waals surface area contributed by atoms with E-state index in [0.717, 1.165) is 0 Å². The number of esters is 1. The average molecular weight is 784 g/mol. The van der Waals surface area contributed by atoms with E-state index in [1.54, 1.807) is 18.2 Å². The van der Waals surface area contributed by atoms with Crippen molar-refractivity contribution in [3.8, 4) is 0 Å². The zero-order chi connectivity index (χ0) is 36.7. The van der Waals surface area contributed by atoms with Gasteiger partial charge in [-0.3, -0.25) is 4.79 Å². The number of carbonyl (C=O) groups is 2. The number of benzene rings is 1. The second-order valence-corrected chi connectivity index (χ2v) is 10.5. The van der Waals surface area contributed by atoms with Gasteiger partial charge >= 0.3 is 53.6 Å². The Balaban J connectivity index is 2.20. The Bertz CT molecular complexity index is 1330. The molecule has 4 nitrogen and oxygen atoms in total. The van der Waals surface area contributed by atoms with E-state index in [1.807, 2.05) is 0 Å². The van der Waals surface area contributed by atoms with Gasteiger partial charge in [-0.15, -0.1) is 0 Å². The lowest BCUT2D eigenvalue weighted by molar-refractivity contribution is -0.461. The van der Waals surface area contributed by atoms with Crippen LogP contribution in [-0.4, -0.2) is 71.4 Å². The first-order chi connectivity index (χ1) is 21.1. The Morgan fingerprint density at radius 3 is 1.66 bits per heavy atom. The van der Waals surface area contributed by atoms with Crippen LogP contribution in [0.1, 0.15) is 37.2 Å². The summed E-state index contributed by atoms with van der Waals surface area (Å²) in [4.78, 5) is 24.8. The second kappa shape index (κ2) is 13.2. The lowest BCUT2D eigenvalue weighted by atomic mass is 9.84. The van der Waals surface area contributed by atoms with Crippen LogP contribution in [-0.2, 0) is 14.3 Å². The first-order valence-corrected chi connectivity index (χ1v) is 13.7. The zero-order valence-electron chi connectivity index (χ0n) is 22.7. The van der Waals surface area contributed by atoms with E-state index in [0.29, 0.717) is 5.56 Å². The molecular weight excluding hydrogens is 765 g/mol. The molecule has 1 amide bonds. The zero-order valence-corrected chi connectivity index (χ0v) is 24.3. The van der Waals surface area contributed by atoms with E-state index in [4.69, 9.17) is 4.74 Å². The lowest BCUT2D eigenvalue weighted by Crippen LogP contribution is -2.74. The minimum absolute atomic E-state index is 0.00446. The maximum absolute atomic E-state index is 14.1. The maximum atomic E-state index is 14.1. The first-order valence-electron chi connectivity index (χ1n) is 12.6. The van der Waals surface area contributed by atoms with Gasteiger partial charge in [-0.2, -0.15) is 74.6 Å². The SMILES string of the molecule is O=C1CC(c2ccccc2)C(C(=O)OCCCCC(F)(F)C(F)(F)C(F)(F)C(F)(F)C(F)(F)C(F)(F)C(F)(F)C(F)(F)F)=C(CBr)N1. The summed E-state index contributed by atoms with van der Waals surface area (Å²) < 4.78 is 233. The molecule has 22 heteroatoms. The lowest BCUT2D eigenvalue weighted by Gasteiger charge is -2.42. The number of ether oxygens (including phenoxy) is 1. The normalized spacial score (nSPS) is 17.9. The third-order valence-electron chi connectivity index (χ3n) is 6.81. The van der Waals surface area contributed by atoms with Gasteiger partial charge < -0.3 is 10.1 Å². The molecule has 0 saturated carbocycles. The second-order valence-electron chi connectivity index (χ2n) is 9.98. The fourth-order valence-corrected chi connectivity index (χ4v) is 4.61. The van der Waals surface area contributed by atoms with Crippen molar-refractivity contribution in [3.05, 3.63) is 47.2 Å². The van der Waals surface area contributed by atoms with Crippen LogP contribution in [0.15, 0.2) is 41.6 Å². The number of carbonyl (C=O) groups excluding carboxylic acids is 2. The molecule has 2 rings (SSSR count). The predicted molar refractivity (Wildman–Crippen MR) is 128 cm³/mol. The third kappa shape index (κ3) is 6.88. The number of amides is 1. The number of nitrogens with one attached hydrogen (secondary N) is 1. The summed E-state index contributed by atoms with van der Waals surface area (Å²) in [6, 6.07) is 7.77. The van der Waals surface area contributed by atoms with Crippen molar-refractivity contribution in [3.63, 3.8) is 0 Å². The number of hydrogen-bond acceptors (Lipinski definition) is 3. The van der Waals surface area contributed by atoms with Crippen molar-refractivity contribution < 1.29 is 89.0 Å². The van der Waals surface area contributed by atoms with Gasteiger partial charge in [0.2, 0.25) is 5.91 Å². The Kier molecular flexibility index (Phi) is 11.4. The molecule has 1 N–H and O–H groups in total. The highest BCUT2D eigenvalue weighted by Gasteiger charge is 2.95. The van der Waals surface area contributed by atoms with Crippen molar-refractivity contribution in [2.75, 3.05) is 11.9 Å². The molecule has 0 radical (unpaired) electrons. The molecule has 0 aliphatic carbocycles. The van der Waals surface area contributed by atoms with Crippen LogP contribution in [0.2, 0.25) is 0 Å². The number of unbranched alkanes of at least 4 members (excludes halogenated alkanes) is 1. The molecule has 1 aromatic carbocycles. The summed E-state index contributed by atoms with van der Waals surface area (Å²) in [7, 11) is 0. The Hall–Kier alpha value is -2.81. The van der Waals surface area contributed by atoms with E-state index in [-0.39, 0.29) is 23.0 Å². The Morgan fingerprint density at radius 1 is 0.723 bits per heavy atom. The van der Waals surface area contributed by atoms with Crippen molar-refractivity contribution in [2.24, 2.45) is 0 Å². The van der Waals surface area contributed by atoms with Crippen LogP contribution in [0.3, 0.4) is 0 Å². The molecule has 1 aliphatic rings. The molecular formula is C25H19BrF17NO3. The smallest absolute Gasteiger partial charge is 0.460 e. The van der Waals surface area contributed by atoms with Gasteiger partial charge in [-0.05, 0) is 18.4 Å². The number of allylic oxidation sites excluding steroid dienone is 1. The molecule has 1 aromatic rings. The standard InChI is InChI=1S/C25H19BrF17NO3/c26-11-14-16(13(10-15(45)44-14)12-6-2-1-3-7-12)17(46)47-9-5-4-8-18(27,28)19(29,30)20(31,32)21(33,34)22(35,36)23(37,38)24(39,40)25(41,42)43/h1-3,6-7,13H,4-5,8-11H2,(H,44,45). The number of hydrogen-bond donors (Lipinski definition) is 1. The highest BCUT2D eigenvalue weighted by Crippen LogP contribution is 2.64. The third-order valence-corrected chi connectivity index (χ3v) is 7.37. The highest BCUT2D eigenvalue weighted by atomic mass is 79.9. The van der Waals surface area contributed by atoms with E-state index < -0.39 is 91.3 Å². The van der Waals surface area contributed by atoms with Gasteiger partial charge in [-0.25, -0.2) is 4.79 Å². The molecule has 47 heavy (non-hydrogen) atoms. The highest BCUT2D eigenvalue weighted by molar-refractivity contribution is 9.09. The minimum Gasteiger partial charge on any atom is -0.462 e. The van der Waals surface area contributed by atoms with E-state index in [1.165, 1.54) is 12.1 Å². The minimum atomic E-state index is -8.69. The van der Waals surface area contributed by atoms with Crippen molar-refractivity contribution in [1.82, 2.24) is 5.32 Å². The van der Waals surface area contributed by atoms with Crippen molar-refractivity contribution >= 4 is 27.8 Å². The van der Waals surface area contributed by atoms with Crippen LogP contribution in [0, 0.1) is 0 Å². The summed E-state index contributed by atoms with van der Waals surface area (Å²) >= 11 is 3.03. The van der Waals surface area contributed by atoms with Gasteiger partial charge in [0.15, 0.2) is 0 Å². The van der Waals surface area contributed by atoms with E-state index in [2.05, 4.69) is 21.2 Å². The van der Waals surface area contributed by atoms with Crippen LogP contribution < -0.4 is 5.32 Å². The predicted octanol–water partition coefficient (Wildman–Crippen LogP) is 8.66. The Morgan fingerprint density at radius 2 is 1.19 bits per heavy atom. The molecule has 268 valence electrons. The van der Waals surface area contributed by atoms with Crippen molar-refractivity contribution in [1.29, 1.82) is 0 Å². The van der Waals surface area contributed by atoms with Gasteiger partial charge in [0, 0.05) is 29.8 Å². The van der Waals surface area contributed by atoms with Crippen LogP contribution in [0.5, 0.6) is 0 Å². The average Bonchev–Trinajstić information content (AvgIpc) is 2.95. The summed E-state index contributed by atoms with van der Waals surface area (Å²) in [6.07, 6.45) is -13.1. The monoisotopic (exact) mass is 783 g/mol. The fourth-order valence-electron chi connectivity index (χ4n) is 4.17. The molecule has 0 fully saturated rings. The topological polar surface area (TPSA) is 55.4 Å². The molecule has 1 aliphatic heterocycles. The van der Waals surface area contributed by atoms with Crippen LogP contribution >= 0.6 is 15.9 Å². The quantitative estimate of drug-likeness (QED) is 0.0890. The van der Waals surface area contributed by atoms with Crippen LogP contribution in [0.25, 0.3) is 0 Å². The summed E-state index contributed by atoms with van der Waals surface area (Å²) in [5, 5.41) is 2.26. The fraction of sp³-hybridized carbons (Fsp3) is 0.600. The molecule has 1 heterocycles. The summed E-state index contributed by atoms with van der Waals surface area (Å²) in [5.74, 6) is -59.3. The van der Waals surface area contributed by atoms with Gasteiger partial charge in [-0.1, -0.05) is 46.3 Å². The van der Waals surface area contributed by atoms with Gasteiger partial charge in [0.05, 0.1) is 12.2 Å².